The van der Waals surface area contributed by atoms with Crippen molar-refractivity contribution in [2.24, 2.45) is 11.8 Å². The van der Waals surface area contributed by atoms with Gasteiger partial charge in [-0.2, -0.15) is 0 Å². The van der Waals surface area contributed by atoms with Crippen molar-refractivity contribution in [1.82, 2.24) is 0 Å². The molecular weight excluding hydrogens is 380 g/mol. The van der Waals surface area contributed by atoms with E-state index in [0.29, 0.717) is 6.42 Å². The quantitative estimate of drug-likeness (QED) is 0.464. The third-order valence-electron chi connectivity index (χ3n) is 6.11. The molecule has 2 heterocycles. The van der Waals surface area contributed by atoms with Crippen molar-refractivity contribution < 1.29 is 39.1 Å². The predicted molar refractivity (Wildman–Crippen MR) is 102 cm³/mol. The molecule has 8 heteroatoms. The van der Waals surface area contributed by atoms with Crippen molar-refractivity contribution in [3.63, 3.8) is 0 Å². The van der Waals surface area contributed by atoms with Gasteiger partial charge in [-0.1, -0.05) is 18.6 Å². The van der Waals surface area contributed by atoms with E-state index in [0.717, 1.165) is 24.8 Å². The van der Waals surface area contributed by atoms with E-state index in [2.05, 4.69) is 13.0 Å². The fraction of sp³-hybridized carbons (Fsp3) is 0.762. The van der Waals surface area contributed by atoms with Crippen molar-refractivity contribution >= 4 is 5.97 Å². The zero-order chi connectivity index (χ0) is 21.1. The summed E-state index contributed by atoms with van der Waals surface area (Å²) in [6, 6.07) is 0. The molecule has 2 aliphatic heterocycles. The second-order valence-corrected chi connectivity index (χ2v) is 8.20. The molecule has 3 rings (SSSR count). The van der Waals surface area contributed by atoms with Gasteiger partial charge in [-0.05, 0) is 44.3 Å². The number of methoxy groups -OCH3 is 1. The molecule has 0 aromatic carbocycles. The summed E-state index contributed by atoms with van der Waals surface area (Å²) in [5, 5.41) is 30.0. The number of ether oxygens (including phenoxy) is 4. The van der Waals surface area contributed by atoms with Gasteiger partial charge in [0.1, 0.15) is 24.4 Å². The second-order valence-electron chi connectivity index (χ2n) is 8.20. The molecule has 0 amide bonds. The van der Waals surface area contributed by atoms with Crippen LogP contribution in [-0.2, 0) is 23.7 Å². The van der Waals surface area contributed by atoms with Gasteiger partial charge in [0.05, 0.1) is 12.5 Å². The van der Waals surface area contributed by atoms with Gasteiger partial charge >= 0.3 is 5.97 Å². The third kappa shape index (κ3) is 5.07. The number of carbonyl (C=O) groups excluding carboxylic acids is 1. The molecule has 0 aromatic rings. The van der Waals surface area contributed by atoms with E-state index in [1.165, 1.54) is 12.7 Å². The summed E-state index contributed by atoms with van der Waals surface area (Å²) < 4.78 is 21.8. The minimum atomic E-state index is -1.44. The Bertz CT molecular complexity index is 643. The highest BCUT2D eigenvalue weighted by Crippen LogP contribution is 2.35. The first-order chi connectivity index (χ1) is 13.8. The molecule has 8 atom stereocenters. The second kappa shape index (κ2) is 9.68. The largest absolute Gasteiger partial charge is 0.458 e. The van der Waals surface area contributed by atoms with Crippen LogP contribution < -0.4 is 0 Å². The minimum Gasteiger partial charge on any atom is -0.458 e. The Balaban J connectivity index is 1.71. The highest BCUT2D eigenvalue weighted by atomic mass is 16.8. The van der Waals surface area contributed by atoms with Gasteiger partial charge < -0.3 is 34.3 Å². The van der Waals surface area contributed by atoms with Crippen LogP contribution in [0.25, 0.3) is 0 Å². The van der Waals surface area contributed by atoms with Crippen LogP contribution in [0, 0.1) is 11.8 Å². The SMILES string of the molecule is COC1OC(OCC2=CC3OC(=O)C(C)C3CCC(C)=CCC2)C(O)C(O)C1O. The van der Waals surface area contributed by atoms with E-state index < -0.39 is 30.9 Å². The Morgan fingerprint density at radius 1 is 1.14 bits per heavy atom. The maximum atomic E-state index is 12.1. The van der Waals surface area contributed by atoms with Crippen LogP contribution >= 0.6 is 0 Å². The van der Waals surface area contributed by atoms with E-state index in [1.807, 2.05) is 13.0 Å². The summed E-state index contributed by atoms with van der Waals surface area (Å²) in [4.78, 5) is 12.1. The minimum absolute atomic E-state index is 0.116. The summed E-state index contributed by atoms with van der Waals surface area (Å²) in [7, 11) is 1.34. The fourth-order valence-corrected chi connectivity index (χ4v) is 4.14. The monoisotopic (exact) mass is 412 g/mol. The Kier molecular flexibility index (Phi) is 7.47. The van der Waals surface area contributed by atoms with Gasteiger partial charge in [-0.3, -0.25) is 4.79 Å². The van der Waals surface area contributed by atoms with Crippen LogP contribution in [0.4, 0.5) is 0 Å². The lowest BCUT2D eigenvalue weighted by Gasteiger charge is -2.39. The Labute approximate surface area is 171 Å². The number of allylic oxidation sites excluding steroid dienone is 2. The summed E-state index contributed by atoms with van der Waals surface area (Å²) >= 11 is 0. The summed E-state index contributed by atoms with van der Waals surface area (Å²) in [5.74, 6) is -0.206. The Morgan fingerprint density at radius 2 is 1.86 bits per heavy atom. The smallest absolute Gasteiger partial charge is 0.309 e. The van der Waals surface area contributed by atoms with Crippen LogP contribution in [0.15, 0.2) is 23.3 Å². The molecular formula is C21H32O8. The lowest BCUT2D eigenvalue weighted by atomic mass is 9.84. The summed E-state index contributed by atoms with van der Waals surface area (Å²) in [6.45, 7) is 4.15. The van der Waals surface area contributed by atoms with Crippen molar-refractivity contribution in [3.05, 3.63) is 23.3 Å². The first-order valence-corrected chi connectivity index (χ1v) is 10.2. The van der Waals surface area contributed by atoms with E-state index in [9.17, 15) is 20.1 Å². The molecule has 8 nitrogen and oxygen atoms in total. The molecule has 164 valence electrons. The average molecular weight is 412 g/mol. The first kappa shape index (κ1) is 22.4. The molecule has 29 heavy (non-hydrogen) atoms. The lowest BCUT2D eigenvalue weighted by Crippen LogP contribution is -2.58. The van der Waals surface area contributed by atoms with Gasteiger partial charge in [0.2, 0.25) is 0 Å². The number of aliphatic hydroxyl groups is 3. The number of rotatable bonds is 4. The van der Waals surface area contributed by atoms with Crippen LogP contribution in [-0.4, -0.2) is 72.0 Å². The van der Waals surface area contributed by atoms with Crippen molar-refractivity contribution in [2.45, 2.75) is 76.5 Å². The van der Waals surface area contributed by atoms with E-state index in [-0.39, 0.29) is 30.5 Å². The van der Waals surface area contributed by atoms with Crippen molar-refractivity contribution in [1.29, 1.82) is 0 Å². The lowest BCUT2D eigenvalue weighted by molar-refractivity contribution is -0.343. The fourth-order valence-electron chi connectivity index (χ4n) is 4.14. The zero-order valence-electron chi connectivity index (χ0n) is 17.2. The molecule has 2 saturated heterocycles. The molecule has 3 N–H and O–H groups in total. The number of hydrogen-bond acceptors (Lipinski definition) is 8. The molecule has 0 aromatic heterocycles. The van der Waals surface area contributed by atoms with E-state index >= 15 is 0 Å². The predicted octanol–water partition coefficient (Wildman–Crippen LogP) is 1.04. The van der Waals surface area contributed by atoms with Crippen molar-refractivity contribution in [2.75, 3.05) is 13.7 Å². The molecule has 0 radical (unpaired) electrons. The van der Waals surface area contributed by atoms with Gasteiger partial charge in [0.15, 0.2) is 12.6 Å². The van der Waals surface area contributed by atoms with Gasteiger partial charge in [-0.15, -0.1) is 0 Å². The molecule has 3 aliphatic rings. The Morgan fingerprint density at radius 3 is 2.59 bits per heavy atom. The molecule has 0 bridgehead atoms. The van der Waals surface area contributed by atoms with Gasteiger partial charge in [-0.25, -0.2) is 0 Å². The molecule has 0 saturated carbocycles. The first-order valence-electron chi connectivity index (χ1n) is 10.2. The number of hydrogen-bond donors (Lipinski definition) is 3. The molecule has 2 fully saturated rings. The number of fused-ring (bicyclic) bond motifs is 1. The molecule has 8 unspecified atom stereocenters. The topological polar surface area (TPSA) is 115 Å². The van der Waals surface area contributed by atoms with Gasteiger partial charge in [0, 0.05) is 13.0 Å². The standard InChI is InChI=1S/C21H32O8/c1-11-5-4-6-13(9-15-14(8-7-11)12(2)19(25)28-15)10-27-21-18(24)16(22)17(23)20(26-3)29-21/h5,9,12,14-18,20-24H,4,6-8,10H2,1-3H3. The van der Waals surface area contributed by atoms with Crippen LogP contribution in [0.1, 0.15) is 39.5 Å². The van der Waals surface area contributed by atoms with Crippen LogP contribution in [0.2, 0.25) is 0 Å². The van der Waals surface area contributed by atoms with Crippen LogP contribution in [0.5, 0.6) is 0 Å². The molecule has 1 aliphatic carbocycles. The maximum Gasteiger partial charge on any atom is 0.309 e. The molecule has 0 spiro atoms. The van der Waals surface area contributed by atoms with E-state index in [4.69, 9.17) is 18.9 Å². The third-order valence-corrected chi connectivity index (χ3v) is 6.11. The number of carbonyl (C=O) groups is 1. The number of aliphatic hydroxyl groups excluding tert-OH is 3. The van der Waals surface area contributed by atoms with Crippen LogP contribution in [0.3, 0.4) is 0 Å². The zero-order valence-corrected chi connectivity index (χ0v) is 17.2. The maximum absolute atomic E-state index is 12.1. The summed E-state index contributed by atoms with van der Waals surface area (Å²) in [6.07, 6.45) is 0.783. The number of esters is 1. The van der Waals surface area contributed by atoms with Gasteiger partial charge in [0.25, 0.3) is 0 Å². The summed E-state index contributed by atoms with van der Waals surface area (Å²) in [5.41, 5.74) is 2.22. The average Bonchev–Trinajstić information content (AvgIpc) is 2.96. The highest BCUT2D eigenvalue weighted by Gasteiger charge is 2.45. The normalized spacial score (nSPS) is 41.2. The van der Waals surface area contributed by atoms with E-state index in [1.54, 1.807) is 0 Å². The van der Waals surface area contributed by atoms with Crippen molar-refractivity contribution in [3.8, 4) is 0 Å². The Hall–Kier alpha value is -1.29. The highest BCUT2D eigenvalue weighted by molar-refractivity contribution is 5.75.